The molecule has 2 N–H and O–H groups in total. The Bertz CT molecular complexity index is 334. The topological polar surface area (TPSA) is 29.3 Å². The highest BCUT2D eigenvalue weighted by Crippen LogP contribution is 2.28. The van der Waals surface area contributed by atoms with Crippen LogP contribution in [0, 0.1) is 5.82 Å². The van der Waals surface area contributed by atoms with E-state index in [1.165, 1.54) is 6.07 Å². The minimum atomic E-state index is -0.172. The Balaban J connectivity index is 2.12. The molecule has 0 spiro atoms. The van der Waals surface area contributed by atoms with Gasteiger partial charge in [0.2, 0.25) is 0 Å². The SMILES string of the molecule is CCN(c1cccc(F)c1)C1CC(N)C1. The Morgan fingerprint density at radius 3 is 2.73 bits per heavy atom. The van der Waals surface area contributed by atoms with Crippen LogP contribution in [-0.4, -0.2) is 18.6 Å². The number of nitrogens with two attached hydrogens (primary N) is 1. The summed E-state index contributed by atoms with van der Waals surface area (Å²) in [5, 5.41) is 0. The van der Waals surface area contributed by atoms with E-state index in [2.05, 4.69) is 11.8 Å². The normalized spacial score (nSPS) is 24.7. The Morgan fingerprint density at radius 2 is 2.20 bits per heavy atom. The van der Waals surface area contributed by atoms with E-state index in [0.717, 1.165) is 25.1 Å². The maximum Gasteiger partial charge on any atom is 0.125 e. The van der Waals surface area contributed by atoms with Gasteiger partial charge in [0.25, 0.3) is 0 Å². The molecule has 1 aromatic carbocycles. The van der Waals surface area contributed by atoms with E-state index in [0.29, 0.717) is 12.1 Å². The van der Waals surface area contributed by atoms with Crippen LogP contribution in [0.4, 0.5) is 10.1 Å². The third-order valence-electron chi connectivity index (χ3n) is 3.07. The van der Waals surface area contributed by atoms with Gasteiger partial charge in [-0.15, -0.1) is 0 Å². The summed E-state index contributed by atoms with van der Waals surface area (Å²) in [5.41, 5.74) is 6.74. The van der Waals surface area contributed by atoms with Crippen molar-refractivity contribution in [1.82, 2.24) is 0 Å². The van der Waals surface area contributed by atoms with Gasteiger partial charge >= 0.3 is 0 Å². The molecule has 1 aliphatic carbocycles. The molecule has 0 aromatic heterocycles. The number of anilines is 1. The van der Waals surface area contributed by atoms with Crippen molar-refractivity contribution in [2.45, 2.75) is 31.8 Å². The molecule has 1 fully saturated rings. The maximum atomic E-state index is 13.1. The number of nitrogens with zero attached hydrogens (tertiary/aromatic N) is 1. The molecule has 0 unspecified atom stereocenters. The largest absolute Gasteiger partial charge is 0.369 e. The minimum Gasteiger partial charge on any atom is -0.369 e. The first kappa shape index (κ1) is 10.4. The number of hydrogen-bond acceptors (Lipinski definition) is 2. The molecule has 15 heavy (non-hydrogen) atoms. The van der Waals surface area contributed by atoms with Crippen molar-refractivity contribution in [2.75, 3.05) is 11.4 Å². The molecule has 2 rings (SSSR count). The average molecular weight is 208 g/mol. The van der Waals surface area contributed by atoms with Gasteiger partial charge in [-0.2, -0.15) is 0 Å². The van der Waals surface area contributed by atoms with Crippen LogP contribution in [0.25, 0.3) is 0 Å². The smallest absolute Gasteiger partial charge is 0.125 e. The molecule has 0 bridgehead atoms. The van der Waals surface area contributed by atoms with Crippen molar-refractivity contribution in [3.8, 4) is 0 Å². The van der Waals surface area contributed by atoms with Crippen molar-refractivity contribution >= 4 is 5.69 Å². The monoisotopic (exact) mass is 208 g/mol. The molecule has 1 aromatic rings. The van der Waals surface area contributed by atoms with E-state index < -0.39 is 0 Å². The molecule has 1 saturated carbocycles. The molecule has 82 valence electrons. The zero-order valence-electron chi connectivity index (χ0n) is 8.99. The van der Waals surface area contributed by atoms with E-state index >= 15 is 0 Å². The first-order valence-electron chi connectivity index (χ1n) is 5.48. The number of rotatable bonds is 3. The van der Waals surface area contributed by atoms with Crippen LogP contribution >= 0.6 is 0 Å². The summed E-state index contributed by atoms with van der Waals surface area (Å²) in [6.45, 7) is 3.00. The van der Waals surface area contributed by atoms with Gasteiger partial charge in [-0.1, -0.05) is 6.07 Å². The van der Waals surface area contributed by atoms with E-state index in [1.54, 1.807) is 12.1 Å². The van der Waals surface area contributed by atoms with Gasteiger partial charge < -0.3 is 10.6 Å². The fraction of sp³-hybridized carbons (Fsp3) is 0.500. The van der Waals surface area contributed by atoms with Gasteiger partial charge in [0.1, 0.15) is 5.82 Å². The molecule has 1 aliphatic rings. The van der Waals surface area contributed by atoms with Crippen LogP contribution in [0.15, 0.2) is 24.3 Å². The second kappa shape index (κ2) is 4.19. The van der Waals surface area contributed by atoms with Gasteiger partial charge in [-0.05, 0) is 38.0 Å². The second-order valence-electron chi connectivity index (χ2n) is 4.15. The van der Waals surface area contributed by atoms with Crippen molar-refractivity contribution in [2.24, 2.45) is 5.73 Å². The summed E-state index contributed by atoms with van der Waals surface area (Å²) < 4.78 is 13.1. The number of benzene rings is 1. The Morgan fingerprint density at radius 1 is 1.47 bits per heavy atom. The van der Waals surface area contributed by atoms with Crippen LogP contribution in [0.5, 0.6) is 0 Å². The summed E-state index contributed by atoms with van der Waals surface area (Å²) >= 11 is 0. The summed E-state index contributed by atoms with van der Waals surface area (Å²) in [4.78, 5) is 2.23. The predicted octanol–water partition coefficient (Wildman–Crippen LogP) is 2.14. The van der Waals surface area contributed by atoms with Crippen molar-refractivity contribution in [3.63, 3.8) is 0 Å². The molecule has 0 saturated heterocycles. The first-order chi connectivity index (χ1) is 7.20. The predicted molar refractivity (Wildman–Crippen MR) is 60.4 cm³/mol. The highest BCUT2D eigenvalue weighted by Gasteiger charge is 2.30. The van der Waals surface area contributed by atoms with Crippen molar-refractivity contribution in [1.29, 1.82) is 0 Å². The van der Waals surface area contributed by atoms with Crippen LogP contribution < -0.4 is 10.6 Å². The molecule has 0 heterocycles. The maximum absolute atomic E-state index is 13.1. The lowest BCUT2D eigenvalue weighted by molar-refractivity contribution is 0.332. The molecule has 2 nitrogen and oxygen atoms in total. The molecule has 0 amide bonds. The van der Waals surface area contributed by atoms with Crippen LogP contribution in [0.2, 0.25) is 0 Å². The summed E-state index contributed by atoms with van der Waals surface area (Å²) in [7, 11) is 0. The molecule has 3 heteroatoms. The zero-order valence-corrected chi connectivity index (χ0v) is 8.99. The molecule has 0 aliphatic heterocycles. The average Bonchev–Trinajstić information content (AvgIpc) is 2.16. The summed E-state index contributed by atoms with van der Waals surface area (Å²) in [6, 6.07) is 7.60. The highest BCUT2D eigenvalue weighted by molar-refractivity contribution is 5.48. The van der Waals surface area contributed by atoms with E-state index in [1.807, 2.05) is 6.07 Å². The van der Waals surface area contributed by atoms with Gasteiger partial charge in [0, 0.05) is 24.3 Å². The van der Waals surface area contributed by atoms with E-state index in [-0.39, 0.29) is 5.82 Å². The van der Waals surface area contributed by atoms with Gasteiger partial charge in [0.05, 0.1) is 0 Å². The first-order valence-corrected chi connectivity index (χ1v) is 5.48. The third kappa shape index (κ3) is 2.12. The van der Waals surface area contributed by atoms with Gasteiger partial charge in [-0.25, -0.2) is 4.39 Å². The Kier molecular flexibility index (Phi) is 2.91. The van der Waals surface area contributed by atoms with E-state index in [4.69, 9.17) is 5.73 Å². The lowest BCUT2D eigenvalue weighted by Gasteiger charge is -2.42. The van der Waals surface area contributed by atoms with Crippen LogP contribution in [0.3, 0.4) is 0 Å². The lowest BCUT2D eigenvalue weighted by atomic mass is 9.86. The Hall–Kier alpha value is -1.09. The molecule has 0 radical (unpaired) electrons. The van der Waals surface area contributed by atoms with Crippen molar-refractivity contribution in [3.05, 3.63) is 30.1 Å². The highest BCUT2D eigenvalue weighted by atomic mass is 19.1. The second-order valence-corrected chi connectivity index (χ2v) is 4.15. The lowest BCUT2D eigenvalue weighted by Crippen LogP contribution is -2.50. The zero-order chi connectivity index (χ0) is 10.8. The quantitative estimate of drug-likeness (QED) is 0.824. The third-order valence-corrected chi connectivity index (χ3v) is 3.07. The molecular weight excluding hydrogens is 191 g/mol. The summed E-state index contributed by atoms with van der Waals surface area (Å²) in [6.07, 6.45) is 2.04. The molecular formula is C12H17FN2. The van der Waals surface area contributed by atoms with Crippen molar-refractivity contribution < 1.29 is 4.39 Å². The van der Waals surface area contributed by atoms with Gasteiger partial charge in [-0.3, -0.25) is 0 Å². The van der Waals surface area contributed by atoms with E-state index in [9.17, 15) is 4.39 Å². The minimum absolute atomic E-state index is 0.172. The van der Waals surface area contributed by atoms with Crippen LogP contribution in [0.1, 0.15) is 19.8 Å². The van der Waals surface area contributed by atoms with Gasteiger partial charge in [0.15, 0.2) is 0 Å². The standard InChI is InChI=1S/C12H17FN2/c1-2-15(12-7-10(14)8-12)11-5-3-4-9(13)6-11/h3-6,10,12H,2,7-8,14H2,1H3. The molecule has 0 atom stereocenters. The number of halogens is 1. The van der Waals surface area contributed by atoms with Crippen LogP contribution in [-0.2, 0) is 0 Å². The fourth-order valence-electron chi connectivity index (χ4n) is 2.19. The fourth-order valence-corrected chi connectivity index (χ4v) is 2.19. The number of hydrogen-bond donors (Lipinski definition) is 1. The Labute approximate surface area is 89.9 Å². The summed E-state index contributed by atoms with van der Waals surface area (Å²) in [5.74, 6) is -0.172.